The largest absolute Gasteiger partial charge is 0.393 e. The van der Waals surface area contributed by atoms with Crippen LogP contribution in [0.1, 0.15) is 47.7 Å². The van der Waals surface area contributed by atoms with E-state index in [1.165, 1.54) is 16.7 Å². The van der Waals surface area contributed by atoms with Gasteiger partial charge in [0.05, 0.1) is 80.0 Å². The molecule has 38 heavy (non-hydrogen) atoms. The Balaban J connectivity index is 1.12. The molecule has 2 aromatic heterocycles. The van der Waals surface area contributed by atoms with Crippen molar-refractivity contribution in [2.75, 3.05) is 19.8 Å². The number of ether oxygens (including phenoxy) is 2. The molecule has 8 nitrogen and oxygen atoms in total. The van der Waals surface area contributed by atoms with E-state index in [1.807, 2.05) is 25.0 Å². The summed E-state index contributed by atoms with van der Waals surface area (Å²) in [5.41, 5.74) is 7.88. The third-order valence-electron chi connectivity index (χ3n) is 9.15. The lowest BCUT2D eigenvalue weighted by atomic mass is 9.81. The standard InChI is InChI=1S/C30H30N4O4/c35-25-8-9-37-13-21(25)30-20-7-3-6-19(28(20)24-12-32-16-34(24)30)27-10-26(36)22(14-38-27)29-18-5-2-1-4-17(18)23-11-31-15-33(23)29/h1-7,11-12,15-16,21-22,25-27,29-30,35-36H,8-10,13-14H2/t21-,22+,25-,26+,27?,29-,30-/m0/s1. The molecule has 8 rings (SSSR count). The lowest BCUT2D eigenvalue weighted by Crippen LogP contribution is -2.39. The molecule has 4 aromatic rings. The van der Waals surface area contributed by atoms with Gasteiger partial charge in [-0.1, -0.05) is 42.5 Å². The smallest absolute Gasteiger partial charge is 0.0956 e. The molecule has 0 bridgehead atoms. The van der Waals surface area contributed by atoms with Crippen LogP contribution in [0, 0.1) is 11.8 Å². The number of aliphatic hydroxyl groups excluding tert-OH is 2. The number of fused-ring (bicyclic) bond motifs is 6. The quantitative estimate of drug-likeness (QED) is 0.436. The Labute approximate surface area is 220 Å². The molecule has 6 heterocycles. The number of benzene rings is 2. The minimum atomic E-state index is -0.535. The summed E-state index contributed by atoms with van der Waals surface area (Å²) >= 11 is 0. The third kappa shape index (κ3) is 3.18. The normalized spacial score (nSPS) is 31.5. The van der Waals surface area contributed by atoms with Gasteiger partial charge in [0, 0.05) is 36.0 Å². The first-order chi connectivity index (χ1) is 18.7. The van der Waals surface area contributed by atoms with E-state index < -0.39 is 12.2 Å². The summed E-state index contributed by atoms with van der Waals surface area (Å²) in [5.74, 6) is -0.116. The highest BCUT2D eigenvalue weighted by atomic mass is 16.5. The molecule has 0 saturated carbocycles. The first kappa shape index (κ1) is 22.7. The highest BCUT2D eigenvalue weighted by Crippen LogP contribution is 2.51. The van der Waals surface area contributed by atoms with Crippen LogP contribution < -0.4 is 0 Å². The molecule has 2 N–H and O–H groups in total. The van der Waals surface area contributed by atoms with Gasteiger partial charge in [0.2, 0.25) is 0 Å². The van der Waals surface area contributed by atoms with Gasteiger partial charge in [-0.2, -0.15) is 0 Å². The molecule has 1 unspecified atom stereocenters. The van der Waals surface area contributed by atoms with Gasteiger partial charge in [0.1, 0.15) is 0 Å². The predicted molar refractivity (Wildman–Crippen MR) is 139 cm³/mol. The van der Waals surface area contributed by atoms with Crippen molar-refractivity contribution in [2.24, 2.45) is 11.8 Å². The Kier molecular flexibility index (Phi) is 5.13. The molecule has 2 saturated heterocycles. The highest BCUT2D eigenvalue weighted by Gasteiger charge is 2.44. The van der Waals surface area contributed by atoms with Gasteiger partial charge < -0.3 is 28.8 Å². The minimum absolute atomic E-state index is 0.000241. The van der Waals surface area contributed by atoms with Crippen molar-refractivity contribution in [1.82, 2.24) is 19.1 Å². The van der Waals surface area contributed by atoms with Gasteiger partial charge in [-0.3, -0.25) is 0 Å². The fourth-order valence-electron chi connectivity index (χ4n) is 7.38. The average Bonchev–Trinajstić information content (AvgIpc) is 3.71. The van der Waals surface area contributed by atoms with E-state index in [0.717, 1.165) is 22.5 Å². The summed E-state index contributed by atoms with van der Waals surface area (Å²) < 4.78 is 16.7. The highest BCUT2D eigenvalue weighted by molar-refractivity contribution is 5.73. The van der Waals surface area contributed by atoms with Gasteiger partial charge in [0.15, 0.2) is 0 Å². The van der Waals surface area contributed by atoms with Crippen molar-refractivity contribution < 1.29 is 19.7 Å². The molecule has 4 aliphatic rings. The van der Waals surface area contributed by atoms with Crippen LogP contribution in [0.2, 0.25) is 0 Å². The lowest BCUT2D eigenvalue weighted by Gasteiger charge is -2.38. The van der Waals surface area contributed by atoms with Crippen molar-refractivity contribution in [2.45, 2.75) is 43.2 Å². The van der Waals surface area contributed by atoms with Crippen molar-refractivity contribution in [3.63, 3.8) is 0 Å². The molecular formula is C30H30N4O4. The van der Waals surface area contributed by atoms with Crippen molar-refractivity contribution in [3.8, 4) is 22.5 Å². The Hall–Kier alpha value is -3.30. The lowest BCUT2D eigenvalue weighted by molar-refractivity contribution is -0.0943. The maximum Gasteiger partial charge on any atom is 0.0956 e. The summed E-state index contributed by atoms with van der Waals surface area (Å²) in [6.07, 6.45) is 7.49. The zero-order valence-electron chi connectivity index (χ0n) is 20.9. The Morgan fingerprint density at radius 3 is 2.32 bits per heavy atom. The molecule has 194 valence electrons. The van der Waals surface area contributed by atoms with Crippen molar-refractivity contribution in [1.29, 1.82) is 0 Å². The van der Waals surface area contributed by atoms with E-state index in [9.17, 15) is 10.2 Å². The van der Waals surface area contributed by atoms with E-state index >= 15 is 0 Å². The van der Waals surface area contributed by atoms with Crippen LogP contribution in [0.25, 0.3) is 22.5 Å². The number of hydrogen-bond donors (Lipinski definition) is 2. The molecule has 0 amide bonds. The number of hydrogen-bond acceptors (Lipinski definition) is 6. The topological polar surface area (TPSA) is 94.6 Å². The van der Waals surface area contributed by atoms with Gasteiger partial charge in [-0.15, -0.1) is 0 Å². The number of aliphatic hydroxyl groups is 2. The molecule has 7 atom stereocenters. The first-order valence-corrected chi connectivity index (χ1v) is 13.5. The number of nitrogens with zero attached hydrogens (tertiary/aromatic N) is 4. The summed E-state index contributed by atoms with van der Waals surface area (Å²) in [7, 11) is 0. The second-order valence-corrected chi connectivity index (χ2v) is 11.0. The van der Waals surface area contributed by atoms with Gasteiger partial charge >= 0.3 is 0 Å². The Morgan fingerprint density at radius 1 is 0.763 bits per heavy atom. The van der Waals surface area contributed by atoms with Crippen LogP contribution in [0.3, 0.4) is 0 Å². The maximum absolute atomic E-state index is 11.6. The Bertz CT molecular complexity index is 1510. The van der Waals surface area contributed by atoms with Crippen LogP contribution in [0.4, 0.5) is 0 Å². The summed E-state index contributed by atoms with van der Waals surface area (Å²) in [6.45, 7) is 1.56. The second-order valence-electron chi connectivity index (χ2n) is 11.0. The van der Waals surface area contributed by atoms with Crippen LogP contribution in [-0.4, -0.2) is 61.3 Å². The SMILES string of the molecule is O[C@@H]1CC(c2cccc3c2-c2cncn2[C@@H]3[C@H]2COCC[C@@H]2O)OC[C@H]1[C@@H]1c2ccccc2-c2cncn21. The van der Waals surface area contributed by atoms with E-state index in [1.54, 1.807) is 0 Å². The van der Waals surface area contributed by atoms with Crippen molar-refractivity contribution >= 4 is 0 Å². The van der Waals surface area contributed by atoms with Crippen LogP contribution in [0.5, 0.6) is 0 Å². The summed E-state index contributed by atoms with van der Waals surface area (Å²) in [5, 5.41) is 22.4. The van der Waals surface area contributed by atoms with Crippen LogP contribution in [0.15, 0.2) is 67.5 Å². The zero-order valence-corrected chi connectivity index (χ0v) is 20.9. The predicted octanol–water partition coefficient (Wildman–Crippen LogP) is 3.76. The fraction of sp³-hybridized carbons (Fsp3) is 0.400. The number of rotatable bonds is 3. The molecular weight excluding hydrogens is 480 g/mol. The number of imidazole rings is 2. The molecule has 2 fully saturated rings. The second kappa shape index (κ2) is 8.61. The first-order valence-electron chi connectivity index (χ1n) is 13.5. The van der Waals surface area contributed by atoms with Gasteiger partial charge in [-0.25, -0.2) is 9.97 Å². The van der Waals surface area contributed by atoms with E-state index in [2.05, 4.69) is 61.6 Å². The molecule has 4 aliphatic heterocycles. The minimum Gasteiger partial charge on any atom is -0.393 e. The average molecular weight is 511 g/mol. The third-order valence-corrected chi connectivity index (χ3v) is 9.15. The van der Waals surface area contributed by atoms with Crippen LogP contribution in [-0.2, 0) is 9.47 Å². The molecule has 0 radical (unpaired) electrons. The molecule has 2 aromatic carbocycles. The number of aromatic nitrogens is 4. The van der Waals surface area contributed by atoms with E-state index in [-0.39, 0.29) is 30.0 Å². The monoisotopic (exact) mass is 510 g/mol. The van der Waals surface area contributed by atoms with E-state index in [4.69, 9.17) is 9.47 Å². The van der Waals surface area contributed by atoms with Gasteiger partial charge in [0.25, 0.3) is 0 Å². The molecule has 8 heteroatoms. The summed E-state index contributed by atoms with van der Waals surface area (Å²) in [4.78, 5) is 8.84. The van der Waals surface area contributed by atoms with Crippen LogP contribution >= 0.6 is 0 Å². The van der Waals surface area contributed by atoms with Crippen molar-refractivity contribution in [3.05, 3.63) is 84.2 Å². The molecule has 0 spiro atoms. The zero-order chi connectivity index (χ0) is 25.4. The van der Waals surface area contributed by atoms with E-state index in [0.29, 0.717) is 32.7 Å². The molecule has 0 aliphatic carbocycles. The Morgan fingerprint density at radius 2 is 1.47 bits per heavy atom. The summed E-state index contributed by atoms with van der Waals surface area (Å²) in [6, 6.07) is 14.7. The fourth-order valence-corrected chi connectivity index (χ4v) is 7.38. The van der Waals surface area contributed by atoms with Gasteiger partial charge in [-0.05, 0) is 23.1 Å². The maximum atomic E-state index is 11.6.